The van der Waals surface area contributed by atoms with E-state index in [1.807, 2.05) is 0 Å². The molecule has 0 unspecified atom stereocenters. The average molecular weight is 426 g/mol. The molecule has 0 saturated heterocycles. The second-order valence-corrected chi connectivity index (χ2v) is 8.45. The number of aromatic nitrogens is 5. The fraction of sp³-hybridized carbons (Fsp3) is 0.105. The standard InChI is InChI=1S/C19H15FN6O3S/c1-10(27)22-17-14-9-13(15-7-8-21-19(23-15)30(2,28)29)16(24-18(14)26-25-17)11-3-5-12(20)6-4-11/h3-9H,1-2H3,(H2,22,24,25,26,27). The fourth-order valence-electron chi connectivity index (χ4n) is 2.90. The third-order valence-electron chi connectivity index (χ3n) is 4.20. The lowest BCUT2D eigenvalue weighted by molar-refractivity contribution is -0.114. The first-order valence-electron chi connectivity index (χ1n) is 8.68. The highest BCUT2D eigenvalue weighted by atomic mass is 32.2. The topological polar surface area (TPSA) is 131 Å². The van der Waals surface area contributed by atoms with Crippen molar-refractivity contribution >= 4 is 32.6 Å². The van der Waals surface area contributed by atoms with Crippen LogP contribution >= 0.6 is 0 Å². The summed E-state index contributed by atoms with van der Waals surface area (Å²) in [7, 11) is -3.64. The van der Waals surface area contributed by atoms with Crippen LogP contribution in [0.1, 0.15) is 6.92 Å². The van der Waals surface area contributed by atoms with Gasteiger partial charge in [-0.25, -0.2) is 27.8 Å². The van der Waals surface area contributed by atoms with E-state index in [0.29, 0.717) is 33.5 Å². The molecule has 4 rings (SSSR count). The van der Waals surface area contributed by atoms with Gasteiger partial charge in [0.05, 0.1) is 16.8 Å². The molecule has 0 bridgehead atoms. The van der Waals surface area contributed by atoms with Crippen molar-refractivity contribution in [3.63, 3.8) is 0 Å². The van der Waals surface area contributed by atoms with Crippen LogP contribution in [0.4, 0.5) is 10.2 Å². The smallest absolute Gasteiger partial charge is 0.247 e. The molecular weight excluding hydrogens is 411 g/mol. The molecule has 1 aromatic carbocycles. The van der Waals surface area contributed by atoms with E-state index in [1.165, 1.54) is 25.3 Å². The highest BCUT2D eigenvalue weighted by molar-refractivity contribution is 7.90. The van der Waals surface area contributed by atoms with Crippen LogP contribution < -0.4 is 5.32 Å². The number of fused-ring (bicyclic) bond motifs is 1. The summed E-state index contributed by atoms with van der Waals surface area (Å²) in [5.74, 6) is -0.444. The highest BCUT2D eigenvalue weighted by Gasteiger charge is 2.19. The van der Waals surface area contributed by atoms with E-state index in [-0.39, 0.29) is 16.9 Å². The van der Waals surface area contributed by atoms with Crippen molar-refractivity contribution in [2.24, 2.45) is 0 Å². The molecule has 152 valence electrons. The van der Waals surface area contributed by atoms with Crippen LogP contribution in [0, 0.1) is 5.82 Å². The molecule has 3 heterocycles. The normalized spacial score (nSPS) is 11.6. The molecule has 3 aromatic heterocycles. The highest BCUT2D eigenvalue weighted by Crippen LogP contribution is 2.34. The molecule has 0 spiro atoms. The third kappa shape index (κ3) is 3.74. The lowest BCUT2D eigenvalue weighted by Gasteiger charge is -2.10. The summed E-state index contributed by atoms with van der Waals surface area (Å²) in [6.07, 6.45) is 2.35. The molecule has 4 aromatic rings. The lowest BCUT2D eigenvalue weighted by Crippen LogP contribution is -2.06. The number of H-pyrrole nitrogens is 1. The molecule has 2 N–H and O–H groups in total. The quantitative estimate of drug-likeness (QED) is 0.480. The van der Waals surface area contributed by atoms with Crippen molar-refractivity contribution in [2.45, 2.75) is 12.1 Å². The first kappa shape index (κ1) is 19.6. The number of halogens is 1. The molecule has 11 heteroatoms. The second-order valence-electron chi connectivity index (χ2n) is 6.54. The van der Waals surface area contributed by atoms with Crippen molar-refractivity contribution < 1.29 is 17.6 Å². The number of carbonyl (C=O) groups excluding carboxylic acids is 1. The lowest BCUT2D eigenvalue weighted by atomic mass is 10.0. The summed E-state index contributed by atoms with van der Waals surface area (Å²) in [5.41, 5.74) is 2.17. The Labute approximate surface area is 170 Å². The van der Waals surface area contributed by atoms with Crippen molar-refractivity contribution in [3.8, 4) is 22.5 Å². The van der Waals surface area contributed by atoms with Gasteiger partial charge in [-0.05, 0) is 36.4 Å². The Morgan fingerprint density at radius 2 is 1.87 bits per heavy atom. The Hall–Kier alpha value is -3.73. The van der Waals surface area contributed by atoms with Crippen LogP contribution in [0.5, 0.6) is 0 Å². The Morgan fingerprint density at radius 3 is 2.53 bits per heavy atom. The first-order chi connectivity index (χ1) is 14.2. The number of sulfone groups is 1. The number of nitrogens with zero attached hydrogens (tertiary/aromatic N) is 4. The van der Waals surface area contributed by atoms with Gasteiger partial charge in [-0.2, -0.15) is 5.10 Å². The van der Waals surface area contributed by atoms with E-state index >= 15 is 0 Å². The summed E-state index contributed by atoms with van der Waals surface area (Å²) in [5, 5.41) is 9.60. The van der Waals surface area contributed by atoms with E-state index in [9.17, 15) is 17.6 Å². The molecule has 1 amide bonds. The zero-order valence-electron chi connectivity index (χ0n) is 15.8. The molecule has 0 fully saturated rings. The van der Waals surface area contributed by atoms with Crippen LogP contribution in [-0.4, -0.2) is 45.7 Å². The van der Waals surface area contributed by atoms with Crippen LogP contribution in [0.15, 0.2) is 47.8 Å². The molecule has 30 heavy (non-hydrogen) atoms. The first-order valence-corrected chi connectivity index (χ1v) is 10.6. The van der Waals surface area contributed by atoms with Gasteiger partial charge in [0.1, 0.15) is 5.82 Å². The fourth-order valence-corrected chi connectivity index (χ4v) is 3.42. The predicted molar refractivity (Wildman–Crippen MR) is 108 cm³/mol. The van der Waals surface area contributed by atoms with E-state index in [0.717, 1.165) is 6.26 Å². The molecular formula is C19H15FN6O3S. The number of carbonyl (C=O) groups is 1. The number of hydrogen-bond donors (Lipinski definition) is 2. The van der Waals surface area contributed by atoms with E-state index in [1.54, 1.807) is 24.3 Å². The van der Waals surface area contributed by atoms with Gasteiger partial charge in [-0.1, -0.05) is 0 Å². The third-order valence-corrected chi connectivity index (χ3v) is 5.06. The van der Waals surface area contributed by atoms with Crippen molar-refractivity contribution in [1.82, 2.24) is 25.1 Å². The maximum absolute atomic E-state index is 13.4. The number of rotatable bonds is 4. The van der Waals surface area contributed by atoms with Crippen LogP contribution in [-0.2, 0) is 14.6 Å². The molecule has 0 aliphatic rings. The Bertz CT molecular complexity index is 1380. The van der Waals surface area contributed by atoms with Gasteiger partial charge in [0.25, 0.3) is 0 Å². The van der Waals surface area contributed by atoms with Gasteiger partial charge in [-0.3, -0.25) is 9.89 Å². The Kier molecular flexibility index (Phi) is 4.74. The van der Waals surface area contributed by atoms with Gasteiger partial charge in [0.2, 0.25) is 20.9 Å². The number of aromatic amines is 1. The van der Waals surface area contributed by atoms with Gasteiger partial charge in [-0.15, -0.1) is 0 Å². The average Bonchev–Trinajstić information content (AvgIpc) is 3.08. The van der Waals surface area contributed by atoms with Gasteiger partial charge < -0.3 is 5.32 Å². The van der Waals surface area contributed by atoms with Gasteiger partial charge >= 0.3 is 0 Å². The molecule has 9 nitrogen and oxygen atoms in total. The molecule has 0 radical (unpaired) electrons. The number of nitrogens with one attached hydrogen (secondary N) is 2. The number of hydrogen-bond acceptors (Lipinski definition) is 7. The minimum absolute atomic E-state index is 0.272. The maximum atomic E-state index is 13.4. The van der Waals surface area contributed by atoms with Gasteiger partial charge in [0, 0.05) is 30.5 Å². The maximum Gasteiger partial charge on any atom is 0.247 e. The SMILES string of the molecule is CC(=O)Nc1n[nH]c2nc(-c3ccc(F)cc3)c(-c3ccnc(S(C)(=O)=O)n3)cc12. The minimum Gasteiger partial charge on any atom is -0.309 e. The predicted octanol–water partition coefficient (Wildman–Crippen LogP) is 2.58. The molecule has 0 saturated carbocycles. The van der Waals surface area contributed by atoms with Crippen molar-refractivity contribution in [2.75, 3.05) is 11.6 Å². The summed E-state index contributed by atoms with van der Waals surface area (Å²) < 4.78 is 37.2. The van der Waals surface area contributed by atoms with Crippen LogP contribution in [0.2, 0.25) is 0 Å². The zero-order valence-corrected chi connectivity index (χ0v) is 16.7. The van der Waals surface area contributed by atoms with E-state index < -0.39 is 15.7 Å². The summed E-state index contributed by atoms with van der Waals surface area (Å²) in [6.45, 7) is 1.35. The van der Waals surface area contributed by atoms with E-state index in [4.69, 9.17) is 0 Å². The van der Waals surface area contributed by atoms with Crippen LogP contribution in [0.25, 0.3) is 33.5 Å². The monoisotopic (exact) mass is 426 g/mol. The summed E-state index contributed by atoms with van der Waals surface area (Å²) >= 11 is 0. The number of pyridine rings is 1. The largest absolute Gasteiger partial charge is 0.309 e. The zero-order chi connectivity index (χ0) is 21.5. The molecule has 0 aliphatic heterocycles. The molecule has 0 aliphatic carbocycles. The summed E-state index contributed by atoms with van der Waals surface area (Å²) in [4.78, 5) is 24.0. The molecule has 0 atom stereocenters. The number of benzene rings is 1. The Morgan fingerprint density at radius 1 is 1.13 bits per heavy atom. The van der Waals surface area contributed by atoms with Crippen molar-refractivity contribution in [3.05, 3.63) is 48.4 Å². The Balaban J connectivity index is 2.00. The number of amides is 1. The summed E-state index contributed by atoms with van der Waals surface area (Å²) in [6, 6.07) is 8.92. The van der Waals surface area contributed by atoms with Gasteiger partial charge in [0.15, 0.2) is 11.5 Å². The van der Waals surface area contributed by atoms with Crippen molar-refractivity contribution in [1.29, 1.82) is 0 Å². The van der Waals surface area contributed by atoms with Crippen LogP contribution in [0.3, 0.4) is 0 Å². The van der Waals surface area contributed by atoms with E-state index in [2.05, 4.69) is 30.5 Å². The second kappa shape index (κ2) is 7.26. The minimum atomic E-state index is -3.64. The number of anilines is 1.